The summed E-state index contributed by atoms with van der Waals surface area (Å²) < 4.78 is 32.9. The number of furan rings is 1. The highest BCUT2D eigenvalue weighted by Crippen LogP contribution is 2.37. The first-order chi connectivity index (χ1) is 16.3. The highest BCUT2D eigenvalue weighted by molar-refractivity contribution is 6.30. The first kappa shape index (κ1) is 22.6. The summed E-state index contributed by atoms with van der Waals surface area (Å²) >= 11 is 6.23. The second-order valence-corrected chi connectivity index (χ2v) is 9.03. The lowest BCUT2D eigenvalue weighted by molar-refractivity contribution is -0.0494. The van der Waals surface area contributed by atoms with E-state index in [2.05, 4.69) is 0 Å². The van der Waals surface area contributed by atoms with E-state index < -0.39 is 5.92 Å². The van der Waals surface area contributed by atoms with Gasteiger partial charge in [-0.2, -0.15) is 0 Å². The lowest BCUT2D eigenvalue weighted by Gasteiger charge is -2.31. The van der Waals surface area contributed by atoms with Crippen LogP contribution in [0.2, 0.25) is 5.02 Å². The van der Waals surface area contributed by atoms with Crippen LogP contribution in [0.1, 0.15) is 29.0 Å². The molecule has 4 nitrogen and oxygen atoms in total. The summed E-state index contributed by atoms with van der Waals surface area (Å²) in [5.41, 5.74) is 10.7. The van der Waals surface area contributed by atoms with Crippen molar-refractivity contribution in [3.8, 4) is 22.3 Å². The second kappa shape index (κ2) is 8.85. The van der Waals surface area contributed by atoms with Crippen LogP contribution in [0.15, 0.2) is 71.1 Å². The van der Waals surface area contributed by atoms with Gasteiger partial charge in [-0.05, 0) is 59.2 Å². The molecule has 3 aromatic carbocycles. The summed E-state index contributed by atoms with van der Waals surface area (Å²) in [6.45, 7) is 0.423. The van der Waals surface area contributed by atoms with Crippen molar-refractivity contribution < 1.29 is 18.0 Å². The molecule has 4 aromatic rings. The quantitative estimate of drug-likeness (QED) is 0.351. The van der Waals surface area contributed by atoms with Crippen molar-refractivity contribution >= 4 is 28.5 Å². The summed E-state index contributed by atoms with van der Waals surface area (Å²) in [4.78, 5) is 14.3. The fourth-order valence-corrected chi connectivity index (χ4v) is 4.56. The van der Waals surface area contributed by atoms with E-state index in [0.717, 1.165) is 33.2 Å². The molecular formula is C27H23ClF2N2O2. The molecule has 0 spiro atoms. The van der Waals surface area contributed by atoms with Crippen molar-refractivity contribution in [1.82, 2.24) is 4.90 Å². The Morgan fingerprint density at radius 2 is 1.71 bits per heavy atom. The van der Waals surface area contributed by atoms with Gasteiger partial charge < -0.3 is 15.1 Å². The van der Waals surface area contributed by atoms with Gasteiger partial charge in [-0.15, -0.1) is 0 Å². The second-order valence-electron chi connectivity index (χ2n) is 8.59. The maximum absolute atomic E-state index is 13.4. The number of benzene rings is 3. The van der Waals surface area contributed by atoms with Gasteiger partial charge in [-0.3, -0.25) is 4.79 Å². The van der Waals surface area contributed by atoms with Gasteiger partial charge in [0.1, 0.15) is 11.3 Å². The Morgan fingerprint density at radius 3 is 2.38 bits per heavy atom. The zero-order valence-corrected chi connectivity index (χ0v) is 19.1. The summed E-state index contributed by atoms with van der Waals surface area (Å²) in [5.74, 6) is -2.22. The molecule has 2 N–H and O–H groups in total. The van der Waals surface area contributed by atoms with Crippen molar-refractivity contribution in [2.24, 2.45) is 5.73 Å². The third-order valence-corrected chi connectivity index (χ3v) is 6.49. The maximum atomic E-state index is 13.4. The van der Waals surface area contributed by atoms with Crippen LogP contribution < -0.4 is 5.73 Å². The normalized spacial score (nSPS) is 15.6. The summed E-state index contributed by atoms with van der Waals surface area (Å²) in [5, 5.41) is 1.54. The average Bonchev–Trinajstić information content (AvgIpc) is 3.26. The molecule has 1 aromatic heterocycles. The number of hydrogen-bond acceptors (Lipinski definition) is 3. The van der Waals surface area contributed by atoms with E-state index in [4.69, 9.17) is 21.8 Å². The SMILES string of the molecule is NCc1cc2cc(-c3ccc(C(=O)N4CCC(F)(F)CC4)cc3)cc(-c3cccc(Cl)c3)c2o1. The number of likely N-dealkylation sites (tertiary alicyclic amines) is 1. The van der Waals surface area contributed by atoms with Gasteiger partial charge in [0.2, 0.25) is 0 Å². The predicted octanol–water partition coefficient (Wildman–Crippen LogP) is 6.75. The van der Waals surface area contributed by atoms with Gasteiger partial charge in [0, 0.05) is 47.5 Å². The van der Waals surface area contributed by atoms with Crippen LogP contribution in [0.25, 0.3) is 33.2 Å². The number of rotatable bonds is 4. The molecule has 0 unspecified atom stereocenters. The van der Waals surface area contributed by atoms with Gasteiger partial charge in [0.15, 0.2) is 0 Å². The zero-order valence-electron chi connectivity index (χ0n) is 18.4. The Hall–Kier alpha value is -3.22. The highest BCUT2D eigenvalue weighted by atomic mass is 35.5. The number of carbonyl (C=O) groups excluding carboxylic acids is 1. The summed E-state index contributed by atoms with van der Waals surface area (Å²) in [6.07, 6.45) is -0.586. The Labute approximate surface area is 200 Å². The molecule has 0 radical (unpaired) electrons. The molecule has 5 rings (SSSR count). The summed E-state index contributed by atoms with van der Waals surface area (Å²) in [7, 11) is 0. The van der Waals surface area contributed by atoms with E-state index in [0.29, 0.717) is 16.3 Å². The van der Waals surface area contributed by atoms with E-state index in [9.17, 15) is 13.6 Å². The van der Waals surface area contributed by atoms with Crippen LogP contribution in [0.3, 0.4) is 0 Å². The molecular weight excluding hydrogens is 458 g/mol. The summed E-state index contributed by atoms with van der Waals surface area (Å²) in [6, 6.07) is 20.8. The number of nitrogens with zero attached hydrogens (tertiary/aromatic N) is 1. The van der Waals surface area contributed by atoms with Crippen LogP contribution in [-0.2, 0) is 6.54 Å². The van der Waals surface area contributed by atoms with Gasteiger partial charge in [-0.1, -0.05) is 35.9 Å². The van der Waals surface area contributed by atoms with Gasteiger partial charge in [0.25, 0.3) is 11.8 Å². The Balaban J connectivity index is 1.49. The number of hydrogen-bond donors (Lipinski definition) is 1. The fourth-order valence-electron chi connectivity index (χ4n) is 4.37. The minimum atomic E-state index is -2.68. The van der Waals surface area contributed by atoms with Crippen molar-refractivity contribution in [3.05, 3.63) is 83.1 Å². The molecule has 34 heavy (non-hydrogen) atoms. The average molecular weight is 481 g/mol. The van der Waals surface area contributed by atoms with Crippen molar-refractivity contribution in [3.63, 3.8) is 0 Å². The molecule has 0 bridgehead atoms. The highest BCUT2D eigenvalue weighted by Gasteiger charge is 2.35. The predicted molar refractivity (Wildman–Crippen MR) is 130 cm³/mol. The van der Waals surface area contributed by atoms with Gasteiger partial charge in [-0.25, -0.2) is 8.78 Å². The van der Waals surface area contributed by atoms with Crippen LogP contribution in [0.5, 0.6) is 0 Å². The smallest absolute Gasteiger partial charge is 0.253 e. The minimum absolute atomic E-state index is 0.0667. The van der Waals surface area contributed by atoms with E-state index >= 15 is 0 Å². The minimum Gasteiger partial charge on any atom is -0.459 e. The molecule has 174 valence electrons. The largest absolute Gasteiger partial charge is 0.459 e. The molecule has 2 heterocycles. The number of amides is 1. The van der Waals surface area contributed by atoms with Crippen molar-refractivity contribution in [1.29, 1.82) is 0 Å². The molecule has 0 saturated carbocycles. The number of piperidine rings is 1. The lowest BCUT2D eigenvalue weighted by Crippen LogP contribution is -2.42. The third-order valence-electron chi connectivity index (χ3n) is 6.25. The van der Waals surface area contributed by atoms with Crippen LogP contribution >= 0.6 is 11.6 Å². The van der Waals surface area contributed by atoms with Crippen molar-refractivity contribution in [2.75, 3.05) is 13.1 Å². The van der Waals surface area contributed by atoms with E-state index in [1.54, 1.807) is 12.1 Å². The van der Waals surface area contributed by atoms with Gasteiger partial charge in [0.05, 0.1) is 6.54 Å². The van der Waals surface area contributed by atoms with Crippen LogP contribution in [0.4, 0.5) is 8.78 Å². The molecule has 1 aliphatic heterocycles. The molecule has 1 fully saturated rings. The third kappa shape index (κ3) is 4.43. The molecule has 1 saturated heterocycles. The van der Waals surface area contributed by atoms with E-state index in [-0.39, 0.29) is 38.4 Å². The topological polar surface area (TPSA) is 59.5 Å². The molecule has 0 aliphatic carbocycles. The fraction of sp³-hybridized carbons (Fsp3) is 0.222. The zero-order chi connectivity index (χ0) is 23.9. The number of alkyl halides is 2. The Bertz CT molecular complexity index is 1360. The van der Waals surface area contributed by atoms with Crippen molar-refractivity contribution in [2.45, 2.75) is 25.3 Å². The molecule has 7 heteroatoms. The number of carbonyl (C=O) groups is 1. The monoisotopic (exact) mass is 480 g/mol. The van der Waals surface area contributed by atoms with Crippen LogP contribution in [-0.4, -0.2) is 29.8 Å². The lowest BCUT2D eigenvalue weighted by atomic mass is 9.96. The molecule has 1 amide bonds. The number of nitrogens with two attached hydrogens (primary N) is 1. The Kier molecular flexibility index (Phi) is 5.88. The first-order valence-corrected chi connectivity index (χ1v) is 11.5. The van der Waals surface area contributed by atoms with E-state index in [1.807, 2.05) is 54.6 Å². The standard InChI is InChI=1S/C27H23ClF2N2O2/c28-22-3-1-2-19(13-22)24-15-20(12-21-14-23(16-31)34-25(21)24)17-4-6-18(7-5-17)26(33)32-10-8-27(29,30)9-11-32/h1-7,12-15H,8-11,16,31H2. The van der Waals surface area contributed by atoms with E-state index in [1.165, 1.54) is 4.90 Å². The number of fused-ring (bicyclic) bond motifs is 1. The van der Waals surface area contributed by atoms with Gasteiger partial charge >= 0.3 is 0 Å². The molecule has 1 aliphatic rings. The first-order valence-electron chi connectivity index (χ1n) is 11.1. The Morgan fingerprint density at radius 1 is 0.971 bits per heavy atom. The van der Waals surface area contributed by atoms with Crippen LogP contribution in [0, 0.1) is 0 Å². The number of halogens is 3. The molecule has 0 atom stereocenters. The maximum Gasteiger partial charge on any atom is 0.253 e.